The van der Waals surface area contributed by atoms with Crippen LogP contribution >= 0.6 is 0 Å². The van der Waals surface area contributed by atoms with Crippen molar-refractivity contribution >= 4 is 6.72 Å². The molecule has 66 valence electrons. The molecule has 0 saturated heterocycles. The molecule has 0 aromatic carbocycles. The Balaban J connectivity index is 3.67. The molecule has 0 N–H and O–H groups in total. The van der Waals surface area contributed by atoms with Gasteiger partial charge in [-0.25, -0.2) is 0 Å². The van der Waals surface area contributed by atoms with Crippen LogP contribution in [0.4, 0.5) is 0 Å². The summed E-state index contributed by atoms with van der Waals surface area (Å²) < 4.78 is 0. The van der Waals surface area contributed by atoms with Crippen molar-refractivity contribution in [2.45, 2.75) is 52.5 Å². The Hall–Kier alpha value is -0.330. The molecule has 0 aliphatic heterocycles. The lowest BCUT2D eigenvalue weighted by molar-refractivity contribution is 0.406. The molecule has 1 unspecified atom stereocenters. The van der Waals surface area contributed by atoms with Gasteiger partial charge in [-0.05, 0) is 25.5 Å². The maximum Gasteiger partial charge on any atom is 0.0492 e. The maximum absolute atomic E-state index is 4.09. The second kappa shape index (κ2) is 6.38. The lowest BCUT2D eigenvalue weighted by Gasteiger charge is -2.16. The zero-order valence-electron chi connectivity index (χ0n) is 8.14. The Morgan fingerprint density at radius 2 is 1.64 bits per heavy atom. The fourth-order valence-corrected chi connectivity index (χ4v) is 1.38. The van der Waals surface area contributed by atoms with Gasteiger partial charge in [0.05, 0.1) is 0 Å². The first-order valence-corrected chi connectivity index (χ1v) is 4.74. The summed E-state index contributed by atoms with van der Waals surface area (Å²) in [5, 5.41) is 0. The van der Waals surface area contributed by atoms with E-state index >= 15 is 0 Å². The van der Waals surface area contributed by atoms with E-state index in [0.717, 1.165) is 12.3 Å². The molecule has 1 atom stereocenters. The molecule has 1 heteroatoms. The van der Waals surface area contributed by atoms with Crippen molar-refractivity contribution in [2.75, 3.05) is 0 Å². The third-order valence-electron chi connectivity index (χ3n) is 2.49. The molecule has 1 nitrogen and oxygen atoms in total. The number of aliphatic imine (C=N–C) groups is 1. The van der Waals surface area contributed by atoms with Crippen molar-refractivity contribution in [3.63, 3.8) is 0 Å². The molecular weight excluding hydrogens is 134 g/mol. The molecule has 0 saturated carbocycles. The second-order valence-electron chi connectivity index (χ2n) is 3.16. The van der Waals surface area contributed by atoms with Gasteiger partial charge in [0, 0.05) is 6.04 Å². The highest BCUT2D eigenvalue weighted by Crippen LogP contribution is 2.17. The average molecular weight is 155 g/mol. The maximum atomic E-state index is 4.09. The van der Waals surface area contributed by atoms with E-state index in [4.69, 9.17) is 0 Å². The zero-order valence-corrected chi connectivity index (χ0v) is 8.14. The van der Waals surface area contributed by atoms with Crippen molar-refractivity contribution < 1.29 is 0 Å². The predicted octanol–water partition coefficient (Wildman–Crippen LogP) is 3.29. The molecule has 0 aliphatic rings. The highest BCUT2D eigenvalue weighted by atomic mass is 14.7. The van der Waals surface area contributed by atoms with E-state index in [2.05, 4.69) is 32.5 Å². The van der Waals surface area contributed by atoms with Crippen molar-refractivity contribution in [1.29, 1.82) is 0 Å². The zero-order chi connectivity index (χ0) is 8.69. The minimum Gasteiger partial charge on any atom is -0.298 e. The van der Waals surface area contributed by atoms with Gasteiger partial charge in [0.15, 0.2) is 0 Å². The van der Waals surface area contributed by atoms with Gasteiger partial charge in [0.2, 0.25) is 0 Å². The number of rotatable bonds is 6. The predicted molar refractivity (Wildman–Crippen MR) is 52.3 cm³/mol. The van der Waals surface area contributed by atoms with E-state index in [-0.39, 0.29) is 0 Å². The van der Waals surface area contributed by atoms with Crippen molar-refractivity contribution in [3.05, 3.63) is 0 Å². The third-order valence-corrected chi connectivity index (χ3v) is 2.49. The van der Waals surface area contributed by atoms with Gasteiger partial charge >= 0.3 is 0 Å². The van der Waals surface area contributed by atoms with E-state index in [9.17, 15) is 0 Å². The van der Waals surface area contributed by atoms with E-state index < -0.39 is 0 Å². The molecule has 0 bridgehead atoms. The van der Waals surface area contributed by atoms with E-state index in [0.29, 0.717) is 6.04 Å². The van der Waals surface area contributed by atoms with Crippen LogP contribution in [0.25, 0.3) is 0 Å². The second-order valence-corrected chi connectivity index (χ2v) is 3.16. The summed E-state index contributed by atoms with van der Waals surface area (Å²) in [6.07, 6.45) is 4.93. The van der Waals surface area contributed by atoms with Crippen LogP contribution in [0.15, 0.2) is 4.99 Å². The summed E-state index contributed by atoms with van der Waals surface area (Å²) in [6.45, 7) is 10.3. The highest BCUT2D eigenvalue weighted by molar-refractivity contribution is 5.24. The van der Waals surface area contributed by atoms with Crippen LogP contribution in [0.2, 0.25) is 0 Å². The Morgan fingerprint density at radius 1 is 1.09 bits per heavy atom. The molecule has 0 aliphatic carbocycles. The summed E-state index contributed by atoms with van der Waals surface area (Å²) in [6, 6.07) is 0.500. The monoisotopic (exact) mass is 155 g/mol. The Morgan fingerprint density at radius 3 is 1.91 bits per heavy atom. The Kier molecular flexibility index (Phi) is 6.19. The largest absolute Gasteiger partial charge is 0.298 e. The molecule has 0 rings (SSSR count). The van der Waals surface area contributed by atoms with Gasteiger partial charge in [0.1, 0.15) is 0 Å². The van der Waals surface area contributed by atoms with Crippen LogP contribution in [0.3, 0.4) is 0 Å². The topological polar surface area (TPSA) is 12.4 Å². The third kappa shape index (κ3) is 4.18. The van der Waals surface area contributed by atoms with Gasteiger partial charge in [0.25, 0.3) is 0 Å². The molecule has 0 aromatic rings. The van der Waals surface area contributed by atoms with E-state index in [1.165, 1.54) is 19.3 Å². The first-order valence-electron chi connectivity index (χ1n) is 4.74. The molecule has 0 fully saturated rings. The molecule has 0 amide bonds. The van der Waals surface area contributed by atoms with Crippen molar-refractivity contribution in [3.8, 4) is 0 Å². The van der Waals surface area contributed by atoms with E-state index in [1.807, 2.05) is 0 Å². The Bertz CT molecular complexity index is 95.0. The van der Waals surface area contributed by atoms with Crippen LogP contribution in [-0.4, -0.2) is 12.8 Å². The number of nitrogens with zero attached hydrogens (tertiary/aromatic N) is 1. The number of hydrogen-bond donors (Lipinski definition) is 0. The quantitative estimate of drug-likeness (QED) is 0.522. The highest BCUT2D eigenvalue weighted by Gasteiger charge is 2.09. The molecule has 0 spiro atoms. The standard InChI is InChI=1S/C10H21N/c1-5-9(6-2)8-10(7-3)11-4/h9-10H,4-8H2,1-3H3. The first kappa shape index (κ1) is 10.7. The average Bonchev–Trinajstić information content (AvgIpc) is 2.07. The first-order chi connectivity index (χ1) is 5.28. The summed E-state index contributed by atoms with van der Waals surface area (Å²) in [5.41, 5.74) is 0. The van der Waals surface area contributed by atoms with Crippen LogP contribution in [0.5, 0.6) is 0 Å². The molecule has 11 heavy (non-hydrogen) atoms. The normalized spacial score (nSPS) is 13.5. The molecule has 0 heterocycles. The molecule has 0 aromatic heterocycles. The smallest absolute Gasteiger partial charge is 0.0492 e. The Labute approximate surface area is 70.9 Å². The van der Waals surface area contributed by atoms with Gasteiger partial charge in [-0.15, -0.1) is 0 Å². The van der Waals surface area contributed by atoms with Crippen molar-refractivity contribution in [1.82, 2.24) is 0 Å². The van der Waals surface area contributed by atoms with Gasteiger partial charge < -0.3 is 0 Å². The molecular formula is C10H21N. The van der Waals surface area contributed by atoms with Crippen LogP contribution in [0, 0.1) is 5.92 Å². The lowest BCUT2D eigenvalue weighted by Crippen LogP contribution is -2.09. The summed E-state index contributed by atoms with van der Waals surface area (Å²) >= 11 is 0. The fourth-order valence-electron chi connectivity index (χ4n) is 1.38. The fraction of sp³-hybridized carbons (Fsp3) is 0.900. The van der Waals surface area contributed by atoms with E-state index in [1.54, 1.807) is 0 Å². The van der Waals surface area contributed by atoms with Gasteiger partial charge in [-0.3, -0.25) is 4.99 Å². The van der Waals surface area contributed by atoms with Crippen LogP contribution < -0.4 is 0 Å². The van der Waals surface area contributed by atoms with Crippen LogP contribution in [0.1, 0.15) is 46.5 Å². The van der Waals surface area contributed by atoms with Crippen LogP contribution in [-0.2, 0) is 0 Å². The van der Waals surface area contributed by atoms with Gasteiger partial charge in [-0.1, -0.05) is 33.6 Å². The summed E-state index contributed by atoms with van der Waals surface area (Å²) in [4.78, 5) is 4.09. The van der Waals surface area contributed by atoms with Crippen molar-refractivity contribution in [2.24, 2.45) is 10.9 Å². The summed E-state index contributed by atoms with van der Waals surface area (Å²) in [5.74, 6) is 0.852. The minimum absolute atomic E-state index is 0.500. The SMILES string of the molecule is C=NC(CC)CC(CC)CC. The minimum atomic E-state index is 0.500. The number of hydrogen-bond acceptors (Lipinski definition) is 1. The van der Waals surface area contributed by atoms with Gasteiger partial charge in [-0.2, -0.15) is 0 Å². The molecule has 0 radical (unpaired) electrons. The summed E-state index contributed by atoms with van der Waals surface area (Å²) in [7, 11) is 0. The lowest BCUT2D eigenvalue weighted by atomic mass is 9.94.